The molecular weight excluding hydrogens is 295 g/mol. The lowest BCUT2D eigenvalue weighted by molar-refractivity contribution is -0.137. The molecule has 4 nitrogen and oxygen atoms in total. The molecule has 0 radical (unpaired) electrons. The maximum Gasteiger partial charge on any atom is 0.416 e. The normalized spacial score (nSPS) is 12.6. The van der Waals surface area contributed by atoms with Gasteiger partial charge < -0.3 is 5.32 Å². The average molecular weight is 309 g/mol. The van der Waals surface area contributed by atoms with Crippen LogP contribution >= 0.6 is 0 Å². The van der Waals surface area contributed by atoms with E-state index in [9.17, 15) is 26.4 Å². The second-order valence-corrected chi connectivity index (χ2v) is 6.61. The maximum absolute atomic E-state index is 12.6. The minimum atomic E-state index is -4.65. The summed E-state index contributed by atoms with van der Waals surface area (Å²) in [5.74, 6) is -0.903. The smallest absolute Gasteiger partial charge is 0.325 e. The molecule has 0 saturated heterocycles. The van der Waals surface area contributed by atoms with Crippen LogP contribution in [0.2, 0.25) is 0 Å². The van der Waals surface area contributed by atoms with Gasteiger partial charge in [-0.2, -0.15) is 13.2 Å². The predicted octanol–water partition coefficient (Wildman–Crippen LogP) is 2.70. The third-order valence-electron chi connectivity index (χ3n) is 2.49. The summed E-state index contributed by atoms with van der Waals surface area (Å²) in [4.78, 5) is 11.0. The number of carbonyl (C=O) groups excluding carboxylic acids is 1. The molecule has 0 heterocycles. The zero-order valence-corrected chi connectivity index (χ0v) is 11.9. The Hall–Kier alpha value is -1.57. The van der Waals surface area contributed by atoms with E-state index in [1.807, 2.05) is 0 Å². The molecule has 1 N–H and O–H groups in total. The minimum Gasteiger partial charge on any atom is -0.325 e. The third kappa shape index (κ3) is 3.96. The van der Waals surface area contributed by atoms with Crippen molar-refractivity contribution in [3.8, 4) is 0 Å². The van der Waals surface area contributed by atoms with Crippen LogP contribution in [0.4, 0.5) is 18.9 Å². The highest BCUT2D eigenvalue weighted by Crippen LogP contribution is 2.33. The van der Waals surface area contributed by atoms with Crippen molar-refractivity contribution in [2.75, 3.05) is 11.6 Å². The summed E-state index contributed by atoms with van der Waals surface area (Å²) in [6.07, 6.45) is -3.87. The Kier molecular flexibility index (Phi) is 4.48. The first-order valence-electron chi connectivity index (χ1n) is 5.65. The van der Waals surface area contributed by atoms with E-state index in [1.54, 1.807) is 13.8 Å². The molecule has 1 aromatic carbocycles. The largest absolute Gasteiger partial charge is 0.416 e. The van der Waals surface area contributed by atoms with Crippen LogP contribution in [0.1, 0.15) is 19.4 Å². The molecule has 0 spiro atoms. The van der Waals surface area contributed by atoms with Gasteiger partial charge in [0.05, 0.1) is 16.1 Å². The highest BCUT2D eigenvalue weighted by Gasteiger charge is 2.32. The number of alkyl halides is 3. The second kappa shape index (κ2) is 5.43. The van der Waals surface area contributed by atoms with Crippen LogP contribution in [0.15, 0.2) is 23.1 Å². The van der Waals surface area contributed by atoms with Gasteiger partial charge in [0.15, 0.2) is 9.84 Å². The van der Waals surface area contributed by atoms with E-state index in [1.165, 1.54) is 0 Å². The first-order valence-corrected chi connectivity index (χ1v) is 7.54. The van der Waals surface area contributed by atoms with E-state index in [0.717, 1.165) is 18.4 Å². The van der Waals surface area contributed by atoms with Gasteiger partial charge in [-0.05, 0) is 18.2 Å². The number of sulfone groups is 1. The van der Waals surface area contributed by atoms with Crippen molar-refractivity contribution in [1.29, 1.82) is 0 Å². The Balaban J connectivity index is 3.36. The van der Waals surface area contributed by atoms with Crippen LogP contribution in [0.5, 0.6) is 0 Å². The summed E-state index contributed by atoms with van der Waals surface area (Å²) in [7, 11) is -3.90. The summed E-state index contributed by atoms with van der Waals surface area (Å²) < 4.78 is 60.9. The van der Waals surface area contributed by atoms with Crippen LogP contribution in [-0.2, 0) is 20.8 Å². The summed E-state index contributed by atoms with van der Waals surface area (Å²) in [5, 5.41) is 2.31. The number of hydrogen-bond donors (Lipinski definition) is 1. The number of hydrogen-bond acceptors (Lipinski definition) is 3. The zero-order chi connectivity index (χ0) is 15.7. The molecule has 0 atom stereocenters. The number of amides is 1. The van der Waals surface area contributed by atoms with Crippen molar-refractivity contribution in [3.05, 3.63) is 23.8 Å². The van der Waals surface area contributed by atoms with Gasteiger partial charge in [0.2, 0.25) is 5.91 Å². The van der Waals surface area contributed by atoms with Crippen molar-refractivity contribution < 1.29 is 26.4 Å². The van der Waals surface area contributed by atoms with Crippen molar-refractivity contribution in [2.45, 2.75) is 24.9 Å². The minimum absolute atomic E-state index is 0.154. The fourth-order valence-electron chi connectivity index (χ4n) is 1.39. The summed E-state index contributed by atoms with van der Waals surface area (Å²) >= 11 is 0. The average Bonchev–Trinajstić information content (AvgIpc) is 2.26. The number of benzene rings is 1. The summed E-state index contributed by atoms with van der Waals surface area (Å²) in [6, 6.07) is 2.19. The molecule has 0 aliphatic heterocycles. The molecule has 0 saturated carbocycles. The van der Waals surface area contributed by atoms with E-state index < -0.39 is 38.3 Å². The van der Waals surface area contributed by atoms with Crippen molar-refractivity contribution in [1.82, 2.24) is 0 Å². The fourth-order valence-corrected chi connectivity index (χ4v) is 2.25. The van der Waals surface area contributed by atoms with E-state index in [0.29, 0.717) is 6.07 Å². The lowest BCUT2D eigenvalue weighted by Crippen LogP contribution is -2.20. The van der Waals surface area contributed by atoms with Crippen molar-refractivity contribution >= 4 is 21.4 Å². The number of carbonyl (C=O) groups is 1. The molecular formula is C12H14F3NO3S. The Bertz CT molecular complexity index is 621. The standard InChI is InChI=1S/C12H14F3NO3S/c1-7(2)11(17)16-9-5-4-8(12(13,14)15)6-10(9)20(3,18)19/h4-7H,1-3H3,(H,16,17). The van der Waals surface area contributed by atoms with Crippen molar-refractivity contribution in [2.24, 2.45) is 5.92 Å². The number of anilines is 1. The molecule has 0 fully saturated rings. The van der Waals surface area contributed by atoms with Crippen LogP contribution in [0.25, 0.3) is 0 Å². The Labute approximate surface area is 114 Å². The van der Waals surface area contributed by atoms with E-state index in [4.69, 9.17) is 0 Å². The van der Waals surface area contributed by atoms with Gasteiger partial charge in [0.1, 0.15) is 0 Å². The second-order valence-electron chi connectivity index (χ2n) is 4.62. The number of rotatable bonds is 3. The number of nitrogens with one attached hydrogen (secondary N) is 1. The molecule has 20 heavy (non-hydrogen) atoms. The van der Waals surface area contributed by atoms with Crippen LogP contribution in [0.3, 0.4) is 0 Å². The molecule has 0 aliphatic carbocycles. The topological polar surface area (TPSA) is 63.2 Å². The van der Waals surface area contributed by atoms with Crippen LogP contribution < -0.4 is 5.32 Å². The highest BCUT2D eigenvalue weighted by molar-refractivity contribution is 7.90. The highest BCUT2D eigenvalue weighted by atomic mass is 32.2. The van der Waals surface area contributed by atoms with E-state index >= 15 is 0 Å². The quantitative estimate of drug-likeness (QED) is 0.933. The molecule has 8 heteroatoms. The molecule has 0 aliphatic rings. The lowest BCUT2D eigenvalue weighted by Gasteiger charge is -2.14. The monoisotopic (exact) mass is 309 g/mol. The molecule has 1 rings (SSSR count). The Morgan fingerprint density at radius 3 is 2.20 bits per heavy atom. The first-order chi connectivity index (χ1) is 8.93. The fraction of sp³-hybridized carbons (Fsp3) is 0.417. The lowest BCUT2D eigenvalue weighted by atomic mass is 10.1. The zero-order valence-electron chi connectivity index (χ0n) is 11.1. The third-order valence-corrected chi connectivity index (χ3v) is 3.63. The van der Waals surface area contributed by atoms with E-state index in [-0.39, 0.29) is 5.69 Å². The van der Waals surface area contributed by atoms with Gasteiger partial charge in [0.25, 0.3) is 0 Å². The van der Waals surface area contributed by atoms with E-state index in [2.05, 4.69) is 5.32 Å². The van der Waals surface area contributed by atoms with Gasteiger partial charge in [-0.1, -0.05) is 13.8 Å². The molecule has 1 aromatic rings. The Morgan fingerprint density at radius 2 is 1.80 bits per heavy atom. The number of halogens is 3. The van der Waals surface area contributed by atoms with Gasteiger partial charge in [-0.3, -0.25) is 4.79 Å². The van der Waals surface area contributed by atoms with Gasteiger partial charge in [-0.15, -0.1) is 0 Å². The molecule has 1 amide bonds. The van der Waals surface area contributed by atoms with Gasteiger partial charge in [0, 0.05) is 12.2 Å². The molecule has 112 valence electrons. The van der Waals surface area contributed by atoms with Gasteiger partial charge >= 0.3 is 6.18 Å². The van der Waals surface area contributed by atoms with Gasteiger partial charge in [-0.25, -0.2) is 8.42 Å². The maximum atomic E-state index is 12.6. The Morgan fingerprint density at radius 1 is 1.25 bits per heavy atom. The summed E-state index contributed by atoms with van der Waals surface area (Å²) in [5.41, 5.74) is -1.24. The molecule has 0 unspecified atom stereocenters. The summed E-state index contributed by atoms with van der Waals surface area (Å²) in [6.45, 7) is 3.17. The SMILES string of the molecule is CC(C)C(=O)Nc1ccc(C(F)(F)F)cc1S(C)(=O)=O. The van der Waals surface area contributed by atoms with Crippen molar-refractivity contribution in [3.63, 3.8) is 0 Å². The predicted molar refractivity (Wildman–Crippen MR) is 68.0 cm³/mol. The first kappa shape index (κ1) is 16.5. The van der Waals surface area contributed by atoms with Crippen LogP contribution in [0, 0.1) is 5.92 Å². The van der Waals surface area contributed by atoms with Crippen LogP contribution in [-0.4, -0.2) is 20.6 Å². The molecule has 0 aromatic heterocycles. The molecule has 0 bridgehead atoms.